The molecule has 6 nitrogen and oxygen atoms in total. The second-order valence-corrected chi connectivity index (χ2v) is 6.67. The molecule has 3 aromatic rings. The van der Waals surface area contributed by atoms with Crippen molar-refractivity contribution in [3.05, 3.63) is 53.2 Å². The minimum absolute atomic E-state index is 0.201. The van der Waals surface area contributed by atoms with Crippen molar-refractivity contribution < 1.29 is 19.1 Å². The summed E-state index contributed by atoms with van der Waals surface area (Å²) in [5, 5.41) is 3.40. The van der Waals surface area contributed by atoms with Gasteiger partial charge in [-0.25, -0.2) is 4.79 Å². The normalized spacial score (nSPS) is 10.7. The number of aromatic nitrogens is 1. The number of nitrogens with zero attached hydrogens (tertiary/aromatic N) is 1. The van der Waals surface area contributed by atoms with E-state index in [1.807, 2.05) is 31.2 Å². The molecule has 2 aromatic heterocycles. The van der Waals surface area contributed by atoms with Crippen LogP contribution in [-0.2, 0) is 9.53 Å². The molecule has 134 valence electrons. The van der Waals surface area contributed by atoms with Gasteiger partial charge in [-0.05, 0) is 24.6 Å². The zero-order valence-corrected chi connectivity index (χ0v) is 15.3. The SMILES string of the molecule is CCCNC(=O)C(=O)c1cccn1-c1c(C(=O)OC)sc2ccccc12. The standard InChI is InChI=1S/C19H18N2O4S/c1-3-10-20-18(23)16(22)13-8-6-11-21(13)15-12-7-4-5-9-14(12)26-17(15)19(24)25-2/h4-9,11H,3,10H2,1-2H3,(H,20,23). The van der Waals surface area contributed by atoms with E-state index in [2.05, 4.69) is 5.32 Å². The molecule has 1 amide bonds. The smallest absolute Gasteiger partial charge is 0.350 e. The van der Waals surface area contributed by atoms with Gasteiger partial charge in [-0.15, -0.1) is 11.3 Å². The predicted octanol–water partition coefficient (Wildman–Crippen LogP) is 3.19. The summed E-state index contributed by atoms with van der Waals surface area (Å²) in [5.41, 5.74) is 0.751. The van der Waals surface area contributed by atoms with E-state index in [0.29, 0.717) is 17.1 Å². The zero-order chi connectivity index (χ0) is 18.7. The molecule has 0 unspecified atom stereocenters. The van der Waals surface area contributed by atoms with Gasteiger partial charge in [0, 0.05) is 22.8 Å². The molecule has 26 heavy (non-hydrogen) atoms. The van der Waals surface area contributed by atoms with E-state index < -0.39 is 17.7 Å². The van der Waals surface area contributed by atoms with Crippen LogP contribution in [-0.4, -0.2) is 35.9 Å². The van der Waals surface area contributed by atoms with E-state index in [0.717, 1.165) is 16.5 Å². The number of carbonyl (C=O) groups excluding carboxylic acids is 3. The summed E-state index contributed by atoms with van der Waals surface area (Å²) >= 11 is 1.29. The van der Waals surface area contributed by atoms with E-state index >= 15 is 0 Å². The van der Waals surface area contributed by atoms with Gasteiger partial charge < -0.3 is 14.6 Å². The second-order valence-electron chi connectivity index (χ2n) is 5.62. The van der Waals surface area contributed by atoms with Crippen LogP contribution in [0.1, 0.15) is 33.5 Å². The molecule has 0 aliphatic rings. The van der Waals surface area contributed by atoms with Gasteiger partial charge >= 0.3 is 5.97 Å². The maximum absolute atomic E-state index is 12.6. The summed E-state index contributed by atoms with van der Waals surface area (Å²) in [7, 11) is 1.32. The number of carbonyl (C=O) groups is 3. The maximum atomic E-state index is 12.6. The van der Waals surface area contributed by atoms with Gasteiger partial charge in [0.1, 0.15) is 4.88 Å². The van der Waals surface area contributed by atoms with Crippen molar-refractivity contribution in [2.24, 2.45) is 0 Å². The van der Waals surface area contributed by atoms with Gasteiger partial charge in [-0.1, -0.05) is 25.1 Å². The summed E-state index contributed by atoms with van der Waals surface area (Å²) in [6.07, 6.45) is 2.41. The van der Waals surface area contributed by atoms with Crippen molar-refractivity contribution in [3.8, 4) is 5.69 Å². The van der Waals surface area contributed by atoms with Gasteiger partial charge in [0.25, 0.3) is 11.7 Å². The summed E-state index contributed by atoms with van der Waals surface area (Å²) < 4.78 is 7.38. The second kappa shape index (κ2) is 7.53. The molecule has 0 atom stereocenters. The Balaban J connectivity index is 2.14. The number of thiophene rings is 1. The van der Waals surface area contributed by atoms with Crippen LogP contribution in [0.2, 0.25) is 0 Å². The van der Waals surface area contributed by atoms with Crippen LogP contribution < -0.4 is 5.32 Å². The molecule has 1 N–H and O–H groups in total. The van der Waals surface area contributed by atoms with Crippen molar-refractivity contribution in [1.29, 1.82) is 0 Å². The molecule has 0 saturated carbocycles. The van der Waals surface area contributed by atoms with Crippen LogP contribution >= 0.6 is 11.3 Å². The number of ketones is 1. The van der Waals surface area contributed by atoms with Crippen LogP contribution in [0.15, 0.2) is 42.6 Å². The summed E-state index contributed by atoms with van der Waals surface area (Å²) in [6.45, 7) is 2.34. The van der Waals surface area contributed by atoms with Crippen molar-refractivity contribution >= 4 is 39.1 Å². The van der Waals surface area contributed by atoms with Crippen LogP contribution in [0.4, 0.5) is 0 Å². The molecule has 0 saturated heterocycles. The summed E-state index contributed by atoms with van der Waals surface area (Å²) in [4.78, 5) is 37.3. The lowest BCUT2D eigenvalue weighted by molar-refractivity contribution is -0.117. The number of rotatable bonds is 6. The van der Waals surface area contributed by atoms with E-state index in [4.69, 9.17) is 4.74 Å². The summed E-state index contributed by atoms with van der Waals surface area (Å²) in [6, 6.07) is 10.8. The number of hydrogen-bond donors (Lipinski definition) is 1. The number of benzene rings is 1. The third-order valence-electron chi connectivity index (χ3n) is 3.90. The van der Waals surface area contributed by atoms with Crippen molar-refractivity contribution in [2.45, 2.75) is 13.3 Å². The first kappa shape index (κ1) is 17.9. The highest BCUT2D eigenvalue weighted by molar-refractivity contribution is 7.21. The lowest BCUT2D eigenvalue weighted by Gasteiger charge is -2.10. The van der Waals surface area contributed by atoms with E-state index in [1.165, 1.54) is 18.4 Å². The number of Topliss-reactive ketones (excluding diaryl/α,β-unsaturated/α-hetero) is 1. The molecule has 7 heteroatoms. The highest BCUT2D eigenvalue weighted by Crippen LogP contribution is 2.35. The first-order valence-electron chi connectivity index (χ1n) is 8.18. The Morgan fingerprint density at radius 1 is 1.15 bits per heavy atom. The minimum atomic E-state index is -0.661. The van der Waals surface area contributed by atoms with E-state index in [-0.39, 0.29) is 5.69 Å². The van der Waals surface area contributed by atoms with Gasteiger partial charge in [0.2, 0.25) is 0 Å². The molecule has 0 radical (unpaired) electrons. The lowest BCUT2D eigenvalue weighted by Crippen LogP contribution is -2.32. The number of fused-ring (bicyclic) bond motifs is 1. The van der Waals surface area contributed by atoms with E-state index in [1.54, 1.807) is 22.9 Å². The number of ether oxygens (including phenoxy) is 1. The molecule has 0 aliphatic carbocycles. The fourth-order valence-electron chi connectivity index (χ4n) is 2.70. The zero-order valence-electron chi connectivity index (χ0n) is 14.4. The molecular formula is C19H18N2O4S. The average Bonchev–Trinajstić information content (AvgIpc) is 3.28. The Hall–Kier alpha value is -2.93. The van der Waals surface area contributed by atoms with Crippen molar-refractivity contribution in [2.75, 3.05) is 13.7 Å². The Kier molecular flexibility index (Phi) is 5.18. The fraction of sp³-hybridized carbons (Fsp3) is 0.211. The average molecular weight is 370 g/mol. The first-order valence-corrected chi connectivity index (χ1v) is 9.00. The Labute approximate surface area is 154 Å². The van der Waals surface area contributed by atoms with Crippen LogP contribution in [0, 0.1) is 0 Å². The molecule has 0 fully saturated rings. The van der Waals surface area contributed by atoms with Gasteiger partial charge in [-0.3, -0.25) is 9.59 Å². The molecule has 0 spiro atoms. The quantitative estimate of drug-likeness (QED) is 0.411. The molecule has 1 aromatic carbocycles. The topological polar surface area (TPSA) is 77.4 Å². The fourth-order valence-corrected chi connectivity index (χ4v) is 3.81. The van der Waals surface area contributed by atoms with Crippen molar-refractivity contribution in [3.63, 3.8) is 0 Å². The molecule has 3 rings (SSSR count). The largest absolute Gasteiger partial charge is 0.465 e. The monoisotopic (exact) mass is 370 g/mol. The van der Waals surface area contributed by atoms with Gasteiger partial charge in [-0.2, -0.15) is 0 Å². The van der Waals surface area contributed by atoms with Crippen LogP contribution in [0.5, 0.6) is 0 Å². The number of nitrogens with one attached hydrogen (secondary N) is 1. The number of methoxy groups -OCH3 is 1. The van der Waals surface area contributed by atoms with E-state index in [9.17, 15) is 14.4 Å². The molecule has 2 heterocycles. The molecular weight excluding hydrogens is 352 g/mol. The van der Waals surface area contributed by atoms with Crippen LogP contribution in [0.25, 0.3) is 15.8 Å². The maximum Gasteiger partial charge on any atom is 0.350 e. The number of hydrogen-bond acceptors (Lipinski definition) is 5. The minimum Gasteiger partial charge on any atom is -0.465 e. The first-order chi connectivity index (χ1) is 12.6. The van der Waals surface area contributed by atoms with Gasteiger partial charge in [0.15, 0.2) is 0 Å². The third-order valence-corrected chi connectivity index (χ3v) is 5.04. The number of amides is 1. The third kappa shape index (κ3) is 3.13. The Bertz CT molecular complexity index is 987. The van der Waals surface area contributed by atoms with Crippen molar-refractivity contribution in [1.82, 2.24) is 9.88 Å². The lowest BCUT2D eigenvalue weighted by atomic mass is 10.2. The highest BCUT2D eigenvalue weighted by Gasteiger charge is 2.25. The number of esters is 1. The Morgan fingerprint density at radius 2 is 1.92 bits per heavy atom. The molecule has 0 aliphatic heterocycles. The van der Waals surface area contributed by atoms with Crippen LogP contribution in [0.3, 0.4) is 0 Å². The van der Waals surface area contributed by atoms with Gasteiger partial charge in [0.05, 0.1) is 18.5 Å². The predicted molar refractivity (Wildman–Crippen MR) is 100 cm³/mol. The Morgan fingerprint density at radius 3 is 2.65 bits per heavy atom. The highest BCUT2D eigenvalue weighted by atomic mass is 32.1. The molecule has 0 bridgehead atoms. The summed E-state index contributed by atoms with van der Waals surface area (Å²) in [5.74, 6) is -1.79.